The third-order valence-electron chi connectivity index (χ3n) is 7.17. The number of anilines is 1. The van der Waals surface area contributed by atoms with Crippen LogP contribution in [0.15, 0.2) is 41.4 Å². The lowest BCUT2D eigenvalue weighted by Crippen LogP contribution is -2.52. The van der Waals surface area contributed by atoms with Crippen molar-refractivity contribution in [2.75, 3.05) is 29.9 Å². The highest BCUT2D eigenvalue weighted by atomic mass is 33.1. The predicted octanol–water partition coefficient (Wildman–Crippen LogP) is -1.06. The summed E-state index contributed by atoms with van der Waals surface area (Å²) in [6, 6.07) is 6.21. The lowest BCUT2D eigenvalue weighted by molar-refractivity contribution is -0.140. The number of unbranched alkanes of at least 4 members (excludes halogenated alkanes) is 1. The van der Waals surface area contributed by atoms with Crippen LogP contribution in [0.25, 0.3) is 10.8 Å². The summed E-state index contributed by atoms with van der Waals surface area (Å²) in [5.74, 6) is -4.68. The first kappa shape index (κ1) is 38.9. The van der Waals surface area contributed by atoms with E-state index in [-0.39, 0.29) is 35.8 Å². The van der Waals surface area contributed by atoms with E-state index >= 15 is 0 Å². The summed E-state index contributed by atoms with van der Waals surface area (Å²) in [5.41, 5.74) is 16.5. The van der Waals surface area contributed by atoms with Crippen molar-refractivity contribution in [3.05, 3.63) is 42.0 Å². The predicted molar refractivity (Wildman–Crippen MR) is 187 cm³/mol. The molecule has 1 heterocycles. The minimum Gasteiger partial charge on any atom is -0.481 e. The second-order valence-corrected chi connectivity index (χ2v) is 13.7. The zero-order valence-electron chi connectivity index (χ0n) is 26.5. The normalized spacial score (nSPS) is 21.9. The van der Waals surface area contributed by atoms with Gasteiger partial charge in [-0.2, -0.15) is 0 Å². The van der Waals surface area contributed by atoms with Crippen LogP contribution in [0, 0.1) is 0 Å². The SMILES string of the molecule is NC(=O)C1CSSCCC(O)N[C@@H](CCCCN=C(N)N)C(=O)NCC(=O)N[C@@H](CC(=O)O)C(=O)Nc2cc(c3ccccc3c2)C(=O)N1. The second-order valence-electron chi connectivity index (χ2n) is 11.0. The molecule has 13 N–H and O–H groups in total. The molecule has 3 rings (SSSR count). The lowest BCUT2D eigenvalue weighted by Gasteiger charge is -2.23. The Morgan fingerprint density at radius 2 is 1.71 bits per heavy atom. The number of hydrogen-bond donors (Lipinski definition) is 10. The molecule has 49 heavy (non-hydrogen) atoms. The van der Waals surface area contributed by atoms with Crippen LogP contribution in [-0.2, 0) is 24.0 Å². The first-order valence-corrected chi connectivity index (χ1v) is 17.8. The van der Waals surface area contributed by atoms with Crippen LogP contribution >= 0.6 is 21.6 Å². The third-order valence-corrected chi connectivity index (χ3v) is 9.62. The quantitative estimate of drug-likeness (QED) is 0.0675. The number of aliphatic carboxylic acids is 1. The fourth-order valence-electron chi connectivity index (χ4n) is 4.76. The van der Waals surface area contributed by atoms with Crippen molar-refractivity contribution < 1.29 is 39.0 Å². The Morgan fingerprint density at radius 1 is 0.959 bits per heavy atom. The summed E-state index contributed by atoms with van der Waals surface area (Å²) in [6.45, 7) is -0.256. The Kier molecular flexibility index (Phi) is 15.4. The zero-order valence-corrected chi connectivity index (χ0v) is 28.1. The van der Waals surface area contributed by atoms with E-state index in [4.69, 9.17) is 17.2 Å². The smallest absolute Gasteiger partial charge is 0.305 e. The van der Waals surface area contributed by atoms with Gasteiger partial charge in [0.05, 0.1) is 19.0 Å². The number of carboxylic acids is 1. The van der Waals surface area contributed by atoms with E-state index in [1.165, 1.54) is 27.7 Å². The molecule has 19 heteroatoms. The maximum Gasteiger partial charge on any atom is 0.305 e. The first-order chi connectivity index (χ1) is 23.3. The molecule has 0 fully saturated rings. The maximum absolute atomic E-state index is 13.5. The highest BCUT2D eigenvalue weighted by Gasteiger charge is 2.27. The van der Waals surface area contributed by atoms with Gasteiger partial charge in [0, 0.05) is 29.3 Å². The first-order valence-electron chi connectivity index (χ1n) is 15.3. The molecule has 0 saturated heterocycles. The number of nitrogens with two attached hydrogens (primary N) is 3. The van der Waals surface area contributed by atoms with Crippen molar-refractivity contribution in [1.29, 1.82) is 0 Å². The van der Waals surface area contributed by atoms with Crippen LogP contribution in [0.5, 0.6) is 0 Å². The van der Waals surface area contributed by atoms with Crippen LogP contribution in [-0.4, -0.2) is 101 Å². The number of aliphatic imine (C=N–C) groups is 1. The number of primary amides is 1. The highest BCUT2D eigenvalue weighted by Crippen LogP contribution is 2.26. The molecule has 4 atom stereocenters. The van der Waals surface area contributed by atoms with Gasteiger partial charge in [-0.1, -0.05) is 45.9 Å². The molecule has 0 spiro atoms. The fourth-order valence-corrected chi connectivity index (χ4v) is 7.02. The van der Waals surface area contributed by atoms with Crippen LogP contribution in [0.2, 0.25) is 0 Å². The number of carboxylic acid groups (broad SMARTS) is 1. The van der Waals surface area contributed by atoms with Gasteiger partial charge in [-0.3, -0.25) is 39.1 Å². The number of aliphatic hydroxyl groups excluding tert-OH is 1. The Morgan fingerprint density at radius 3 is 2.43 bits per heavy atom. The van der Waals surface area contributed by atoms with Gasteiger partial charge in [-0.05, 0) is 48.6 Å². The van der Waals surface area contributed by atoms with Crippen molar-refractivity contribution in [2.45, 2.75) is 56.5 Å². The molecule has 5 amide bonds. The Balaban J connectivity index is 1.88. The van der Waals surface area contributed by atoms with E-state index in [1.807, 2.05) is 0 Å². The number of hydrogen-bond acceptors (Lipinski definition) is 11. The molecule has 2 unspecified atom stereocenters. The summed E-state index contributed by atoms with van der Waals surface area (Å²) < 4.78 is 0. The number of rotatable bonds is 8. The number of carbonyl (C=O) groups excluding carboxylic acids is 5. The van der Waals surface area contributed by atoms with Crippen molar-refractivity contribution in [2.24, 2.45) is 22.2 Å². The monoisotopic (exact) mass is 719 g/mol. The molecule has 17 nitrogen and oxygen atoms in total. The number of fused-ring (bicyclic) bond motifs is 4. The zero-order chi connectivity index (χ0) is 35.9. The van der Waals surface area contributed by atoms with Gasteiger partial charge < -0.3 is 48.7 Å². The van der Waals surface area contributed by atoms with Crippen molar-refractivity contribution >= 4 is 79.5 Å². The molecular weight excluding hydrogens is 679 g/mol. The van der Waals surface area contributed by atoms with E-state index in [1.54, 1.807) is 30.3 Å². The van der Waals surface area contributed by atoms with E-state index in [0.29, 0.717) is 35.9 Å². The summed E-state index contributed by atoms with van der Waals surface area (Å²) in [6.07, 6.45) is -0.422. The third kappa shape index (κ3) is 13.1. The molecule has 1 aliphatic heterocycles. The number of aliphatic hydroxyl groups is 1. The average Bonchev–Trinajstić information content (AvgIpc) is 3.04. The van der Waals surface area contributed by atoms with Gasteiger partial charge in [-0.15, -0.1) is 0 Å². The van der Waals surface area contributed by atoms with E-state index in [0.717, 1.165) is 0 Å². The van der Waals surface area contributed by atoms with E-state index in [9.17, 15) is 39.0 Å². The average molecular weight is 720 g/mol. The number of amides is 5. The second kappa shape index (κ2) is 19.4. The van der Waals surface area contributed by atoms with Crippen LogP contribution in [0.4, 0.5) is 5.69 Å². The van der Waals surface area contributed by atoms with Gasteiger partial charge in [0.15, 0.2) is 5.96 Å². The minimum atomic E-state index is -1.55. The molecular formula is C30H41N9O8S2. The number of nitrogens with zero attached hydrogens (tertiary/aromatic N) is 1. The molecule has 0 aromatic heterocycles. The summed E-state index contributed by atoms with van der Waals surface area (Å²) in [7, 11) is 2.58. The highest BCUT2D eigenvalue weighted by molar-refractivity contribution is 8.76. The largest absolute Gasteiger partial charge is 0.481 e. The van der Waals surface area contributed by atoms with Crippen LogP contribution in [0.1, 0.15) is 42.5 Å². The summed E-state index contributed by atoms with van der Waals surface area (Å²) in [4.78, 5) is 80.4. The summed E-state index contributed by atoms with van der Waals surface area (Å²) >= 11 is 0. The molecule has 266 valence electrons. The van der Waals surface area contributed by atoms with E-state index < -0.39 is 72.8 Å². The standard InChI is InChI=1S/C30H41N9O8S2/c31-26(44)22-15-49-48-10-8-23(40)37-20(7-3-4-9-34-30(32)33)28(46)35-14-24(41)38-21(13-25(42)43)29(47)36-17-11-16-5-1-2-6-18(16)19(12-17)27(45)39-22/h1-2,5-6,11-12,20-23,37,40H,3-4,7-10,13-15H2,(H2,31,44)(H,35,46)(H,36,47)(H,38,41)(H,39,45)(H,42,43)(H4,32,33,34)/t20-,21-,22?,23?/m0/s1. The topological polar surface area (TPSA) is 293 Å². The molecule has 2 aromatic rings. The molecule has 0 aliphatic carbocycles. The molecule has 0 saturated carbocycles. The maximum atomic E-state index is 13.5. The van der Waals surface area contributed by atoms with E-state index in [2.05, 4.69) is 31.6 Å². The minimum absolute atomic E-state index is 0.0668. The lowest BCUT2D eigenvalue weighted by atomic mass is 10.0. The molecule has 2 bridgehead atoms. The number of benzene rings is 2. The van der Waals surface area contributed by atoms with Crippen molar-refractivity contribution in [3.8, 4) is 0 Å². The van der Waals surface area contributed by atoms with Crippen LogP contribution < -0.4 is 43.8 Å². The fraction of sp³-hybridized carbons (Fsp3) is 0.433. The van der Waals surface area contributed by atoms with Crippen LogP contribution in [0.3, 0.4) is 0 Å². The molecule has 2 aromatic carbocycles. The van der Waals surface area contributed by atoms with Gasteiger partial charge in [-0.25, -0.2) is 0 Å². The van der Waals surface area contributed by atoms with Crippen molar-refractivity contribution in [1.82, 2.24) is 21.3 Å². The molecule has 1 aliphatic rings. The van der Waals surface area contributed by atoms with Gasteiger partial charge >= 0.3 is 5.97 Å². The van der Waals surface area contributed by atoms with Crippen molar-refractivity contribution in [3.63, 3.8) is 0 Å². The Labute approximate surface area is 289 Å². The molecule has 0 radical (unpaired) electrons. The Hall–Kier alpha value is -4.59. The number of carbonyl (C=O) groups is 6. The number of nitrogens with one attached hydrogen (secondary N) is 5. The van der Waals surface area contributed by atoms with Gasteiger partial charge in [0.2, 0.25) is 23.6 Å². The Bertz CT molecular complexity index is 1560. The summed E-state index contributed by atoms with van der Waals surface area (Å²) in [5, 5.41) is 34.0. The number of guanidine groups is 1. The van der Waals surface area contributed by atoms with Gasteiger partial charge in [0.1, 0.15) is 18.3 Å². The van der Waals surface area contributed by atoms with Gasteiger partial charge in [0.25, 0.3) is 5.91 Å².